The number of carboxylic acids is 1. The summed E-state index contributed by atoms with van der Waals surface area (Å²) in [6, 6.07) is -0.368. The zero-order valence-corrected chi connectivity index (χ0v) is 7.23. The summed E-state index contributed by atoms with van der Waals surface area (Å²) < 4.78 is 0. The first-order valence-corrected chi connectivity index (χ1v) is 4.04. The summed E-state index contributed by atoms with van der Waals surface area (Å²) in [4.78, 5) is 13.1. The lowest BCUT2D eigenvalue weighted by atomic mass is 10.2. The Hall–Kier alpha value is -0.640. The minimum absolute atomic E-state index is 0.368. The SMILES string of the molecule is CC(=S)N1CCCC1C(=O)O. The molecule has 0 radical (unpaired) electrons. The summed E-state index contributed by atoms with van der Waals surface area (Å²) in [7, 11) is 0. The molecular formula is C7H11NO2S. The molecule has 0 amide bonds. The zero-order chi connectivity index (χ0) is 8.43. The molecule has 1 atom stereocenters. The van der Waals surface area contributed by atoms with Crippen LogP contribution in [0.25, 0.3) is 0 Å². The maximum atomic E-state index is 10.6. The van der Waals surface area contributed by atoms with Crippen molar-refractivity contribution < 1.29 is 9.90 Å². The van der Waals surface area contributed by atoms with Crippen LogP contribution < -0.4 is 0 Å². The quantitative estimate of drug-likeness (QED) is 0.598. The Labute approximate surface area is 71.0 Å². The van der Waals surface area contributed by atoms with Crippen LogP contribution in [-0.4, -0.2) is 33.6 Å². The highest BCUT2D eigenvalue weighted by Gasteiger charge is 2.30. The van der Waals surface area contributed by atoms with Crippen molar-refractivity contribution in [3.63, 3.8) is 0 Å². The summed E-state index contributed by atoms with van der Waals surface area (Å²) in [5, 5.41) is 8.73. The number of carbonyl (C=O) groups is 1. The molecule has 62 valence electrons. The van der Waals surface area contributed by atoms with Crippen LogP contribution in [0.3, 0.4) is 0 Å². The molecule has 1 aliphatic heterocycles. The van der Waals surface area contributed by atoms with Crippen molar-refractivity contribution in [2.45, 2.75) is 25.8 Å². The molecule has 1 rings (SSSR count). The van der Waals surface area contributed by atoms with Crippen LogP contribution in [0.5, 0.6) is 0 Å². The first kappa shape index (κ1) is 8.46. The molecule has 1 heterocycles. The minimum Gasteiger partial charge on any atom is -0.480 e. The molecule has 4 heteroatoms. The molecule has 1 aliphatic rings. The van der Waals surface area contributed by atoms with Gasteiger partial charge in [-0.3, -0.25) is 0 Å². The Kier molecular flexibility index (Phi) is 2.44. The van der Waals surface area contributed by atoms with Gasteiger partial charge in [-0.05, 0) is 19.8 Å². The van der Waals surface area contributed by atoms with E-state index in [1.807, 2.05) is 0 Å². The summed E-state index contributed by atoms with van der Waals surface area (Å²) in [5.74, 6) is -0.758. The molecule has 0 saturated carbocycles. The van der Waals surface area contributed by atoms with Crippen molar-refractivity contribution in [2.24, 2.45) is 0 Å². The summed E-state index contributed by atoms with van der Waals surface area (Å²) in [6.45, 7) is 2.57. The van der Waals surface area contributed by atoms with Crippen molar-refractivity contribution >= 4 is 23.2 Å². The molecule has 3 nitrogen and oxygen atoms in total. The number of likely N-dealkylation sites (tertiary alicyclic amines) is 1. The number of hydrogen-bond acceptors (Lipinski definition) is 2. The van der Waals surface area contributed by atoms with Gasteiger partial charge in [0.1, 0.15) is 6.04 Å². The van der Waals surface area contributed by atoms with Crippen LogP contribution in [-0.2, 0) is 4.79 Å². The molecule has 11 heavy (non-hydrogen) atoms. The van der Waals surface area contributed by atoms with Gasteiger partial charge in [0.2, 0.25) is 0 Å². The van der Waals surface area contributed by atoms with Gasteiger partial charge in [0, 0.05) is 6.54 Å². The van der Waals surface area contributed by atoms with E-state index in [2.05, 4.69) is 0 Å². The largest absolute Gasteiger partial charge is 0.480 e. The number of rotatable bonds is 1. The zero-order valence-electron chi connectivity index (χ0n) is 6.41. The van der Waals surface area contributed by atoms with Crippen LogP contribution in [0.4, 0.5) is 0 Å². The van der Waals surface area contributed by atoms with Crippen molar-refractivity contribution in [3.8, 4) is 0 Å². The Bertz CT molecular complexity index is 173. The second kappa shape index (κ2) is 3.17. The molecule has 0 aromatic heterocycles. The Balaban J connectivity index is 2.65. The number of carboxylic acid groups (broad SMARTS) is 1. The second-order valence-electron chi connectivity index (χ2n) is 2.71. The van der Waals surface area contributed by atoms with Crippen molar-refractivity contribution in [2.75, 3.05) is 6.54 Å². The van der Waals surface area contributed by atoms with Crippen LogP contribution in [0.15, 0.2) is 0 Å². The van der Waals surface area contributed by atoms with Crippen LogP contribution in [0, 0.1) is 0 Å². The third-order valence-electron chi connectivity index (χ3n) is 1.94. The Morgan fingerprint density at radius 3 is 2.73 bits per heavy atom. The standard InChI is InChI=1S/C7H11NO2S/c1-5(11)8-4-2-3-6(8)7(9)10/h6H,2-4H2,1H3,(H,9,10). The lowest BCUT2D eigenvalue weighted by Crippen LogP contribution is -2.38. The molecule has 0 spiro atoms. The second-order valence-corrected chi connectivity index (χ2v) is 3.30. The predicted molar refractivity (Wildman–Crippen MR) is 45.6 cm³/mol. The average Bonchev–Trinajstić information content (AvgIpc) is 2.32. The molecule has 0 aliphatic carbocycles. The van der Waals surface area contributed by atoms with E-state index >= 15 is 0 Å². The van der Waals surface area contributed by atoms with Gasteiger partial charge in [0.25, 0.3) is 0 Å². The topological polar surface area (TPSA) is 40.5 Å². The minimum atomic E-state index is -0.758. The van der Waals surface area contributed by atoms with Crippen molar-refractivity contribution in [3.05, 3.63) is 0 Å². The fraction of sp³-hybridized carbons (Fsp3) is 0.714. The Morgan fingerprint density at radius 2 is 2.36 bits per heavy atom. The van der Waals surface area contributed by atoms with Gasteiger partial charge in [0.05, 0.1) is 4.99 Å². The van der Waals surface area contributed by atoms with E-state index in [0.29, 0.717) is 4.99 Å². The third kappa shape index (κ3) is 1.68. The van der Waals surface area contributed by atoms with Crippen LogP contribution in [0.1, 0.15) is 19.8 Å². The monoisotopic (exact) mass is 173 g/mol. The molecule has 0 aromatic carbocycles. The lowest BCUT2D eigenvalue weighted by molar-refractivity contribution is -0.140. The van der Waals surface area contributed by atoms with Gasteiger partial charge in [-0.2, -0.15) is 0 Å². The number of nitrogens with zero attached hydrogens (tertiary/aromatic N) is 1. The molecule has 1 N–H and O–H groups in total. The normalized spacial score (nSPS) is 23.7. The van der Waals surface area contributed by atoms with E-state index in [1.54, 1.807) is 11.8 Å². The van der Waals surface area contributed by atoms with E-state index < -0.39 is 5.97 Å². The third-order valence-corrected chi connectivity index (χ3v) is 2.18. The fourth-order valence-corrected chi connectivity index (χ4v) is 1.62. The lowest BCUT2D eigenvalue weighted by Gasteiger charge is -2.21. The van der Waals surface area contributed by atoms with Gasteiger partial charge in [-0.25, -0.2) is 4.79 Å². The van der Waals surface area contributed by atoms with E-state index in [9.17, 15) is 4.79 Å². The van der Waals surface area contributed by atoms with E-state index in [1.165, 1.54) is 0 Å². The average molecular weight is 173 g/mol. The van der Waals surface area contributed by atoms with Crippen molar-refractivity contribution in [1.29, 1.82) is 0 Å². The highest BCUT2D eigenvalue weighted by molar-refractivity contribution is 7.80. The number of thiocarbonyl (C=S) groups is 1. The van der Waals surface area contributed by atoms with Crippen LogP contribution >= 0.6 is 12.2 Å². The fourth-order valence-electron chi connectivity index (χ4n) is 1.40. The molecular weight excluding hydrogens is 162 g/mol. The van der Waals surface area contributed by atoms with E-state index in [-0.39, 0.29) is 6.04 Å². The number of hydrogen-bond donors (Lipinski definition) is 1. The smallest absolute Gasteiger partial charge is 0.326 e. The highest BCUT2D eigenvalue weighted by Crippen LogP contribution is 2.17. The molecule has 1 fully saturated rings. The van der Waals surface area contributed by atoms with Gasteiger partial charge in [-0.1, -0.05) is 12.2 Å². The summed E-state index contributed by atoms with van der Waals surface area (Å²) >= 11 is 4.91. The molecule has 1 unspecified atom stereocenters. The summed E-state index contributed by atoms with van der Waals surface area (Å²) in [5.41, 5.74) is 0. The van der Waals surface area contributed by atoms with Gasteiger partial charge in [-0.15, -0.1) is 0 Å². The molecule has 1 saturated heterocycles. The van der Waals surface area contributed by atoms with E-state index in [4.69, 9.17) is 17.3 Å². The van der Waals surface area contributed by atoms with Crippen molar-refractivity contribution in [1.82, 2.24) is 4.90 Å². The Morgan fingerprint density at radius 1 is 1.73 bits per heavy atom. The van der Waals surface area contributed by atoms with Gasteiger partial charge in [0.15, 0.2) is 0 Å². The van der Waals surface area contributed by atoms with Gasteiger partial charge < -0.3 is 10.0 Å². The first-order chi connectivity index (χ1) is 5.13. The number of aliphatic carboxylic acids is 1. The molecule has 0 bridgehead atoms. The maximum absolute atomic E-state index is 10.6. The van der Waals surface area contributed by atoms with E-state index in [0.717, 1.165) is 19.4 Å². The maximum Gasteiger partial charge on any atom is 0.326 e. The highest BCUT2D eigenvalue weighted by atomic mass is 32.1. The summed E-state index contributed by atoms with van der Waals surface area (Å²) in [6.07, 6.45) is 1.66. The first-order valence-electron chi connectivity index (χ1n) is 3.63. The predicted octanol–water partition coefficient (Wildman–Crippen LogP) is 0.883. The van der Waals surface area contributed by atoms with Gasteiger partial charge >= 0.3 is 5.97 Å². The van der Waals surface area contributed by atoms with Crippen LogP contribution in [0.2, 0.25) is 0 Å². The molecule has 0 aromatic rings.